The second kappa shape index (κ2) is 10.7. The lowest BCUT2D eigenvalue weighted by atomic mass is 10.2. The molecule has 1 aliphatic heterocycles. The summed E-state index contributed by atoms with van der Waals surface area (Å²) >= 11 is 0. The van der Waals surface area contributed by atoms with E-state index in [0.717, 1.165) is 18.8 Å². The van der Waals surface area contributed by atoms with Gasteiger partial charge in [0.05, 0.1) is 19.0 Å². The molecule has 0 bridgehead atoms. The Hall–Kier alpha value is -4.14. The van der Waals surface area contributed by atoms with E-state index in [-0.39, 0.29) is 5.91 Å². The van der Waals surface area contributed by atoms with Crippen LogP contribution in [-0.4, -0.2) is 55.1 Å². The van der Waals surface area contributed by atoms with Crippen molar-refractivity contribution in [2.75, 3.05) is 48.8 Å². The maximum atomic E-state index is 13.3. The van der Waals surface area contributed by atoms with Crippen LogP contribution in [0.1, 0.15) is 16.8 Å². The first kappa shape index (κ1) is 23.0. The summed E-state index contributed by atoms with van der Waals surface area (Å²) < 4.78 is 18.4. The van der Waals surface area contributed by atoms with Crippen molar-refractivity contribution in [2.24, 2.45) is 0 Å². The molecule has 0 spiro atoms. The fourth-order valence-electron chi connectivity index (χ4n) is 3.77. The highest BCUT2D eigenvalue weighted by Crippen LogP contribution is 2.19. The predicted molar refractivity (Wildman–Crippen MR) is 129 cm³/mol. The molecule has 1 aromatic heterocycles. The fraction of sp³-hybridized carbons (Fsp3) is 0.240. The number of anilines is 3. The van der Waals surface area contributed by atoms with Crippen molar-refractivity contribution in [3.8, 4) is 5.75 Å². The first-order valence-electron chi connectivity index (χ1n) is 11.0. The van der Waals surface area contributed by atoms with Gasteiger partial charge in [0.25, 0.3) is 5.91 Å². The first-order chi connectivity index (χ1) is 16.5. The Balaban J connectivity index is 1.32. The topological polar surface area (TPSA) is 86.8 Å². The largest absolute Gasteiger partial charge is 0.497 e. The Kier molecular flexibility index (Phi) is 7.22. The molecule has 4 rings (SSSR count). The highest BCUT2D eigenvalue weighted by molar-refractivity contribution is 5.99. The first-order valence-corrected chi connectivity index (χ1v) is 11.0. The lowest BCUT2D eigenvalue weighted by molar-refractivity contribution is 0.0767. The smallest absolute Gasteiger partial charge is 0.323 e. The maximum Gasteiger partial charge on any atom is 0.323 e. The van der Waals surface area contributed by atoms with E-state index in [0.29, 0.717) is 42.3 Å². The van der Waals surface area contributed by atoms with Crippen LogP contribution in [0.2, 0.25) is 0 Å². The van der Waals surface area contributed by atoms with Crippen LogP contribution in [0.5, 0.6) is 5.75 Å². The standard InChI is InChI=1S/C25H26FN5O3/c1-34-22-9-6-18(7-10-22)24(32)31-13-3-12-30(14-15-31)23-11-8-21(17-27-23)29-25(33)28-20-5-2-4-19(26)16-20/h2,4-11,16-17H,3,12-15H2,1H3,(H2,28,29,33). The number of rotatable bonds is 5. The number of carbonyl (C=O) groups is 2. The Bertz CT molecular complexity index is 1140. The number of amides is 3. The van der Waals surface area contributed by atoms with E-state index in [9.17, 15) is 14.0 Å². The molecule has 1 aliphatic rings. The van der Waals surface area contributed by atoms with Crippen molar-refractivity contribution < 1.29 is 18.7 Å². The average molecular weight is 464 g/mol. The lowest BCUT2D eigenvalue weighted by Gasteiger charge is -2.23. The molecule has 9 heteroatoms. The molecule has 2 N–H and O–H groups in total. The normalized spacial score (nSPS) is 13.7. The molecule has 1 saturated heterocycles. The third-order valence-corrected chi connectivity index (χ3v) is 5.53. The van der Waals surface area contributed by atoms with E-state index >= 15 is 0 Å². The van der Waals surface area contributed by atoms with Gasteiger partial charge in [0.2, 0.25) is 0 Å². The number of urea groups is 1. The zero-order chi connectivity index (χ0) is 23.9. The Labute approximate surface area is 197 Å². The third-order valence-electron chi connectivity index (χ3n) is 5.53. The predicted octanol–water partition coefficient (Wildman–Crippen LogP) is 4.23. The lowest BCUT2D eigenvalue weighted by Crippen LogP contribution is -2.35. The molecular weight excluding hydrogens is 437 g/mol. The summed E-state index contributed by atoms with van der Waals surface area (Å²) in [6.45, 7) is 2.68. The van der Waals surface area contributed by atoms with Gasteiger partial charge in [-0.15, -0.1) is 0 Å². The number of nitrogens with one attached hydrogen (secondary N) is 2. The summed E-state index contributed by atoms with van der Waals surface area (Å²) in [6, 6.07) is 15.9. The van der Waals surface area contributed by atoms with Crippen LogP contribution in [-0.2, 0) is 0 Å². The number of aromatic nitrogens is 1. The molecule has 3 amide bonds. The minimum atomic E-state index is -0.484. The molecule has 0 unspecified atom stereocenters. The number of hydrogen-bond acceptors (Lipinski definition) is 5. The van der Waals surface area contributed by atoms with E-state index in [1.807, 2.05) is 11.0 Å². The quantitative estimate of drug-likeness (QED) is 0.592. The summed E-state index contributed by atoms with van der Waals surface area (Å²) in [4.78, 5) is 33.5. The third kappa shape index (κ3) is 5.80. The van der Waals surface area contributed by atoms with Gasteiger partial charge in [-0.05, 0) is 61.0 Å². The van der Waals surface area contributed by atoms with Crippen molar-refractivity contribution in [2.45, 2.75) is 6.42 Å². The zero-order valence-electron chi connectivity index (χ0n) is 18.8. The molecule has 0 aliphatic carbocycles. The van der Waals surface area contributed by atoms with Crippen LogP contribution in [0.3, 0.4) is 0 Å². The molecule has 2 heterocycles. The number of halogens is 1. The van der Waals surface area contributed by atoms with Gasteiger partial charge in [-0.3, -0.25) is 4.79 Å². The molecule has 176 valence electrons. The molecule has 8 nitrogen and oxygen atoms in total. The highest BCUT2D eigenvalue weighted by Gasteiger charge is 2.21. The van der Waals surface area contributed by atoms with Gasteiger partial charge in [0.1, 0.15) is 17.4 Å². The minimum absolute atomic E-state index is 0.00122. The second-order valence-electron chi connectivity index (χ2n) is 7.86. The Morgan fingerprint density at radius 2 is 1.74 bits per heavy atom. The highest BCUT2D eigenvalue weighted by atomic mass is 19.1. The van der Waals surface area contributed by atoms with Crippen LogP contribution in [0.4, 0.5) is 26.4 Å². The zero-order valence-corrected chi connectivity index (χ0v) is 18.8. The van der Waals surface area contributed by atoms with E-state index in [1.165, 1.54) is 18.2 Å². The molecule has 1 fully saturated rings. The van der Waals surface area contributed by atoms with Crippen molar-refractivity contribution in [1.29, 1.82) is 0 Å². The van der Waals surface area contributed by atoms with Gasteiger partial charge < -0.3 is 25.2 Å². The molecule has 2 aromatic carbocycles. The SMILES string of the molecule is COc1ccc(C(=O)N2CCCN(c3ccc(NC(=O)Nc4cccc(F)c4)cn3)CC2)cc1. The monoisotopic (exact) mass is 463 g/mol. The fourth-order valence-corrected chi connectivity index (χ4v) is 3.77. The summed E-state index contributed by atoms with van der Waals surface area (Å²) in [5.41, 5.74) is 1.52. The number of benzene rings is 2. The molecule has 3 aromatic rings. The van der Waals surface area contributed by atoms with Gasteiger partial charge in [-0.1, -0.05) is 6.07 Å². The Morgan fingerprint density at radius 3 is 2.44 bits per heavy atom. The summed E-state index contributed by atoms with van der Waals surface area (Å²) in [5, 5.41) is 5.27. The van der Waals surface area contributed by atoms with Gasteiger partial charge in [-0.2, -0.15) is 0 Å². The number of pyridine rings is 1. The van der Waals surface area contributed by atoms with Crippen molar-refractivity contribution in [3.63, 3.8) is 0 Å². The van der Waals surface area contributed by atoms with Gasteiger partial charge in [-0.25, -0.2) is 14.2 Å². The van der Waals surface area contributed by atoms with E-state index in [2.05, 4.69) is 20.5 Å². The summed E-state index contributed by atoms with van der Waals surface area (Å²) in [7, 11) is 1.60. The van der Waals surface area contributed by atoms with Crippen LogP contribution in [0.25, 0.3) is 0 Å². The van der Waals surface area contributed by atoms with Crippen molar-refractivity contribution >= 4 is 29.1 Å². The van der Waals surface area contributed by atoms with Crippen molar-refractivity contribution in [1.82, 2.24) is 9.88 Å². The van der Waals surface area contributed by atoms with Crippen LogP contribution < -0.4 is 20.3 Å². The van der Waals surface area contributed by atoms with Crippen molar-refractivity contribution in [3.05, 3.63) is 78.2 Å². The van der Waals surface area contributed by atoms with Crippen LogP contribution in [0.15, 0.2) is 66.9 Å². The van der Waals surface area contributed by atoms with Gasteiger partial charge in [0, 0.05) is 37.4 Å². The second-order valence-corrected chi connectivity index (χ2v) is 7.86. The van der Waals surface area contributed by atoms with Crippen LogP contribution in [0, 0.1) is 5.82 Å². The minimum Gasteiger partial charge on any atom is -0.497 e. The van der Waals surface area contributed by atoms with Gasteiger partial charge in [0.15, 0.2) is 0 Å². The van der Waals surface area contributed by atoms with E-state index < -0.39 is 11.8 Å². The molecule has 0 atom stereocenters. The Morgan fingerprint density at radius 1 is 0.941 bits per heavy atom. The van der Waals surface area contributed by atoms with E-state index in [1.54, 1.807) is 49.7 Å². The number of methoxy groups -OCH3 is 1. The number of ether oxygens (including phenoxy) is 1. The molecule has 34 heavy (non-hydrogen) atoms. The maximum absolute atomic E-state index is 13.3. The molecule has 0 saturated carbocycles. The van der Waals surface area contributed by atoms with E-state index in [4.69, 9.17) is 4.74 Å². The summed E-state index contributed by atoms with van der Waals surface area (Å²) in [6.07, 6.45) is 2.39. The molecule has 0 radical (unpaired) electrons. The number of hydrogen-bond donors (Lipinski definition) is 2. The average Bonchev–Trinajstić information content (AvgIpc) is 3.10. The number of carbonyl (C=O) groups excluding carboxylic acids is 2. The van der Waals surface area contributed by atoms with Crippen LogP contribution >= 0.6 is 0 Å². The summed E-state index contributed by atoms with van der Waals surface area (Å²) in [5.74, 6) is 1.07. The molecular formula is C25H26FN5O3. The number of nitrogens with zero attached hydrogens (tertiary/aromatic N) is 3. The van der Waals surface area contributed by atoms with Gasteiger partial charge >= 0.3 is 6.03 Å².